The Balaban J connectivity index is 2.02. The monoisotopic (exact) mass is 629 g/mol. The minimum Gasteiger partial charge on any atom is -0.497 e. The maximum absolute atomic E-state index is 14.1. The molecule has 0 fully saturated rings. The molecule has 2 amide bonds. The van der Waals surface area contributed by atoms with Crippen LogP contribution in [-0.4, -0.2) is 51.4 Å². The van der Waals surface area contributed by atoms with Crippen LogP contribution in [0.5, 0.6) is 5.75 Å². The zero-order chi connectivity index (χ0) is 29.1. The third kappa shape index (κ3) is 8.08. The summed E-state index contributed by atoms with van der Waals surface area (Å²) in [6, 6.07) is 21.2. The molecule has 0 spiro atoms. The summed E-state index contributed by atoms with van der Waals surface area (Å²) >= 11 is 3.41. The number of amides is 2. The molecule has 0 aliphatic rings. The molecule has 1 atom stereocenters. The molecule has 0 aliphatic carbocycles. The summed E-state index contributed by atoms with van der Waals surface area (Å²) < 4.78 is 34.7. The number of hydrogen-bond donors (Lipinski definition) is 1. The smallest absolute Gasteiger partial charge is 0.264 e. The topological polar surface area (TPSA) is 96.0 Å². The largest absolute Gasteiger partial charge is 0.497 e. The lowest BCUT2D eigenvalue weighted by molar-refractivity contribution is -0.140. The van der Waals surface area contributed by atoms with Gasteiger partial charge in [-0.1, -0.05) is 72.6 Å². The van der Waals surface area contributed by atoms with Crippen molar-refractivity contribution in [2.24, 2.45) is 0 Å². The Morgan fingerprint density at radius 3 is 2.27 bits per heavy atom. The van der Waals surface area contributed by atoms with Crippen molar-refractivity contribution >= 4 is 43.5 Å². The van der Waals surface area contributed by atoms with Gasteiger partial charge in [0.05, 0.1) is 17.7 Å². The van der Waals surface area contributed by atoms with Gasteiger partial charge in [0.1, 0.15) is 18.3 Å². The van der Waals surface area contributed by atoms with Crippen LogP contribution in [0.15, 0.2) is 88.2 Å². The predicted molar refractivity (Wildman–Crippen MR) is 161 cm³/mol. The average Bonchev–Trinajstić information content (AvgIpc) is 2.96. The number of carbonyl (C=O) groups is 2. The van der Waals surface area contributed by atoms with Gasteiger partial charge in [0.15, 0.2) is 0 Å². The van der Waals surface area contributed by atoms with Crippen LogP contribution in [-0.2, 0) is 26.2 Å². The Labute approximate surface area is 245 Å². The normalized spacial score (nSPS) is 11.9. The molecular weight excluding hydrogens is 594 g/mol. The molecule has 10 heteroatoms. The number of methoxy groups -OCH3 is 1. The summed E-state index contributed by atoms with van der Waals surface area (Å²) in [4.78, 5) is 28.8. The molecule has 214 valence electrons. The molecule has 0 bridgehead atoms. The van der Waals surface area contributed by atoms with E-state index in [1.807, 2.05) is 26.0 Å². The number of benzene rings is 3. The van der Waals surface area contributed by atoms with Crippen molar-refractivity contribution in [3.63, 3.8) is 0 Å². The molecule has 3 aromatic carbocycles. The highest BCUT2D eigenvalue weighted by Crippen LogP contribution is 2.27. The van der Waals surface area contributed by atoms with E-state index in [-0.39, 0.29) is 17.3 Å². The van der Waals surface area contributed by atoms with Crippen LogP contribution in [0.1, 0.15) is 38.7 Å². The first-order chi connectivity index (χ1) is 19.2. The van der Waals surface area contributed by atoms with Gasteiger partial charge in [-0.05, 0) is 60.9 Å². The van der Waals surface area contributed by atoms with Gasteiger partial charge >= 0.3 is 0 Å². The van der Waals surface area contributed by atoms with Gasteiger partial charge in [0.25, 0.3) is 10.0 Å². The zero-order valence-electron chi connectivity index (χ0n) is 23.0. The van der Waals surface area contributed by atoms with E-state index >= 15 is 0 Å². The van der Waals surface area contributed by atoms with Crippen molar-refractivity contribution in [2.75, 3.05) is 24.5 Å². The number of unbranched alkanes of at least 4 members (excludes halogenated alkanes) is 1. The summed E-state index contributed by atoms with van der Waals surface area (Å²) in [7, 11) is -2.53. The van der Waals surface area contributed by atoms with Crippen molar-refractivity contribution in [3.05, 3.63) is 88.9 Å². The molecule has 0 unspecified atom stereocenters. The van der Waals surface area contributed by atoms with E-state index in [1.54, 1.807) is 61.7 Å². The standard InChI is InChI=1S/C30H36BrN3O5S/c1-4-6-19-32-30(36)28(5-2)33(21-23-15-17-26(39-3)18-16-23)29(35)22-34(25-12-10-11-24(31)20-25)40(37,38)27-13-8-7-9-14-27/h7-18,20,28H,4-6,19,21-22H2,1-3H3,(H,32,36)/t28-/m1/s1. The highest BCUT2D eigenvalue weighted by atomic mass is 79.9. The summed E-state index contributed by atoms with van der Waals surface area (Å²) in [6.07, 6.45) is 2.10. The van der Waals surface area contributed by atoms with Crippen molar-refractivity contribution in [2.45, 2.75) is 50.6 Å². The van der Waals surface area contributed by atoms with Crippen molar-refractivity contribution in [3.8, 4) is 5.75 Å². The second kappa shape index (κ2) is 14.9. The van der Waals surface area contributed by atoms with E-state index in [0.717, 1.165) is 22.7 Å². The van der Waals surface area contributed by atoms with E-state index < -0.39 is 28.5 Å². The van der Waals surface area contributed by atoms with Crippen LogP contribution in [0.4, 0.5) is 5.69 Å². The molecule has 0 aliphatic heterocycles. The number of ether oxygens (including phenoxy) is 1. The second-order valence-corrected chi connectivity index (χ2v) is 12.0. The summed E-state index contributed by atoms with van der Waals surface area (Å²) in [5.41, 5.74) is 1.12. The fraction of sp³-hybridized carbons (Fsp3) is 0.333. The summed E-state index contributed by atoms with van der Waals surface area (Å²) in [6.45, 7) is 4.02. The van der Waals surface area contributed by atoms with Crippen LogP contribution in [0.2, 0.25) is 0 Å². The SMILES string of the molecule is CCCCNC(=O)[C@@H](CC)N(Cc1ccc(OC)cc1)C(=O)CN(c1cccc(Br)c1)S(=O)(=O)c1ccccc1. The van der Waals surface area contributed by atoms with Crippen molar-refractivity contribution in [1.82, 2.24) is 10.2 Å². The molecular formula is C30H36BrN3O5S. The predicted octanol–water partition coefficient (Wildman–Crippen LogP) is 5.38. The van der Waals surface area contributed by atoms with E-state index in [4.69, 9.17) is 4.74 Å². The van der Waals surface area contributed by atoms with Gasteiger partial charge < -0.3 is 15.0 Å². The Hall–Kier alpha value is -3.37. The number of carbonyl (C=O) groups excluding carboxylic acids is 2. The number of sulfonamides is 1. The first-order valence-corrected chi connectivity index (χ1v) is 15.5. The Morgan fingerprint density at radius 2 is 1.68 bits per heavy atom. The second-order valence-electron chi connectivity index (χ2n) is 9.24. The molecule has 0 radical (unpaired) electrons. The van der Waals surface area contributed by atoms with Gasteiger partial charge in [0, 0.05) is 17.6 Å². The number of anilines is 1. The molecule has 0 saturated carbocycles. The Morgan fingerprint density at radius 1 is 0.975 bits per heavy atom. The van der Waals surface area contributed by atoms with Crippen LogP contribution >= 0.6 is 15.9 Å². The highest BCUT2D eigenvalue weighted by Gasteiger charge is 2.33. The number of rotatable bonds is 14. The number of nitrogens with zero attached hydrogens (tertiary/aromatic N) is 2. The van der Waals surface area contributed by atoms with Crippen LogP contribution in [0.25, 0.3) is 0 Å². The summed E-state index contributed by atoms with van der Waals surface area (Å²) in [5.74, 6) is -0.0914. The van der Waals surface area contributed by atoms with E-state index in [0.29, 0.717) is 28.9 Å². The van der Waals surface area contributed by atoms with Gasteiger partial charge in [-0.15, -0.1) is 0 Å². The fourth-order valence-corrected chi connectivity index (χ4v) is 6.05. The third-order valence-electron chi connectivity index (χ3n) is 6.43. The van der Waals surface area contributed by atoms with Crippen LogP contribution in [0, 0.1) is 0 Å². The average molecular weight is 631 g/mol. The van der Waals surface area contributed by atoms with E-state index in [9.17, 15) is 18.0 Å². The van der Waals surface area contributed by atoms with E-state index in [1.165, 1.54) is 17.0 Å². The van der Waals surface area contributed by atoms with Crippen LogP contribution < -0.4 is 14.4 Å². The lowest BCUT2D eigenvalue weighted by Gasteiger charge is -2.33. The minimum absolute atomic E-state index is 0.0637. The first-order valence-electron chi connectivity index (χ1n) is 13.2. The Kier molecular flexibility index (Phi) is 11.6. The lowest BCUT2D eigenvalue weighted by Crippen LogP contribution is -2.52. The van der Waals surface area contributed by atoms with E-state index in [2.05, 4.69) is 21.2 Å². The van der Waals surface area contributed by atoms with Gasteiger partial charge in [-0.25, -0.2) is 8.42 Å². The maximum Gasteiger partial charge on any atom is 0.264 e. The first kappa shape index (κ1) is 31.2. The highest BCUT2D eigenvalue weighted by molar-refractivity contribution is 9.10. The quantitative estimate of drug-likeness (QED) is 0.242. The molecule has 0 saturated heterocycles. The number of nitrogens with one attached hydrogen (secondary N) is 1. The molecule has 40 heavy (non-hydrogen) atoms. The molecule has 3 aromatic rings. The molecule has 3 rings (SSSR count). The van der Waals surface area contributed by atoms with Crippen molar-refractivity contribution < 1.29 is 22.7 Å². The molecule has 8 nitrogen and oxygen atoms in total. The number of halogens is 1. The molecule has 0 aromatic heterocycles. The van der Waals surface area contributed by atoms with Gasteiger partial charge in [-0.3, -0.25) is 13.9 Å². The number of hydrogen-bond acceptors (Lipinski definition) is 5. The van der Waals surface area contributed by atoms with Crippen molar-refractivity contribution in [1.29, 1.82) is 0 Å². The molecule has 0 heterocycles. The summed E-state index contributed by atoms with van der Waals surface area (Å²) in [5, 5.41) is 2.93. The maximum atomic E-state index is 14.1. The van der Waals surface area contributed by atoms with Crippen LogP contribution in [0.3, 0.4) is 0 Å². The molecule has 1 N–H and O–H groups in total. The third-order valence-corrected chi connectivity index (χ3v) is 8.72. The van der Waals surface area contributed by atoms with Gasteiger partial charge in [-0.2, -0.15) is 0 Å². The fourth-order valence-electron chi connectivity index (χ4n) is 4.23. The van der Waals surface area contributed by atoms with Gasteiger partial charge in [0.2, 0.25) is 11.8 Å². The Bertz CT molecular complexity index is 1370. The lowest BCUT2D eigenvalue weighted by atomic mass is 10.1. The minimum atomic E-state index is -4.10. The zero-order valence-corrected chi connectivity index (χ0v) is 25.4.